The van der Waals surface area contributed by atoms with Gasteiger partial charge < -0.3 is 10.6 Å². The largest absolute Gasteiger partial charge is 0.373 e. The fourth-order valence-corrected chi connectivity index (χ4v) is 1.98. The fraction of sp³-hybridized carbons (Fsp3) is 0.692. The van der Waals surface area contributed by atoms with E-state index in [0.717, 1.165) is 30.9 Å². The Kier molecular flexibility index (Phi) is 5.73. The van der Waals surface area contributed by atoms with E-state index in [1.807, 2.05) is 7.05 Å². The van der Waals surface area contributed by atoms with Crippen LogP contribution in [0, 0.1) is 0 Å². The van der Waals surface area contributed by atoms with Crippen LogP contribution in [-0.2, 0) is 6.42 Å². The van der Waals surface area contributed by atoms with Crippen LogP contribution in [0.3, 0.4) is 0 Å². The Morgan fingerprint density at radius 1 is 1.18 bits per heavy atom. The van der Waals surface area contributed by atoms with E-state index >= 15 is 0 Å². The molecule has 0 saturated heterocycles. The second-order valence-electron chi connectivity index (χ2n) is 4.38. The smallest absolute Gasteiger partial charge is 0.134 e. The molecule has 0 aliphatic rings. The third-order valence-electron chi connectivity index (χ3n) is 2.79. The minimum absolute atomic E-state index is 0.454. The quantitative estimate of drug-likeness (QED) is 0.764. The van der Waals surface area contributed by atoms with Gasteiger partial charge >= 0.3 is 0 Å². The van der Waals surface area contributed by atoms with Gasteiger partial charge in [0.25, 0.3) is 0 Å². The Hall–Kier alpha value is -1.32. The minimum Gasteiger partial charge on any atom is -0.373 e. The van der Waals surface area contributed by atoms with Crippen LogP contribution >= 0.6 is 0 Å². The molecule has 0 aliphatic heterocycles. The van der Waals surface area contributed by atoms with Gasteiger partial charge in [-0.15, -0.1) is 0 Å². The highest BCUT2D eigenvalue weighted by Crippen LogP contribution is 2.22. The van der Waals surface area contributed by atoms with Crippen molar-refractivity contribution >= 4 is 11.6 Å². The van der Waals surface area contributed by atoms with Crippen molar-refractivity contribution in [2.45, 2.75) is 52.5 Å². The van der Waals surface area contributed by atoms with Gasteiger partial charge in [0.2, 0.25) is 0 Å². The molecule has 0 bridgehead atoms. The highest BCUT2D eigenvalue weighted by atomic mass is 15.1. The summed E-state index contributed by atoms with van der Waals surface area (Å²) in [5, 5.41) is 6.61. The molecule has 0 aliphatic carbocycles. The number of nitrogens with one attached hydrogen (secondary N) is 2. The van der Waals surface area contributed by atoms with Gasteiger partial charge in [0.1, 0.15) is 18.0 Å². The van der Waals surface area contributed by atoms with Gasteiger partial charge in [-0.1, -0.05) is 26.7 Å². The predicted molar refractivity (Wildman–Crippen MR) is 73.6 cm³/mol. The topological polar surface area (TPSA) is 49.8 Å². The lowest BCUT2D eigenvalue weighted by molar-refractivity contribution is 0.685. The van der Waals surface area contributed by atoms with Crippen LogP contribution in [-0.4, -0.2) is 23.1 Å². The lowest BCUT2D eigenvalue weighted by Gasteiger charge is -2.17. The van der Waals surface area contributed by atoms with E-state index in [1.165, 1.54) is 12.0 Å². The molecule has 0 radical (unpaired) electrons. The van der Waals surface area contributed by atoms with E-state index in [4.69, 9.17) is 0 Å². The monoisotopic (exact) mass is 236 g/mol. The van der Waals surface area contributed by atoms with Crippen molar-refractivity contribution in [1.82, 2.24) is 9.97 Å². The third-order valence-corrected chi connectivity index (χ3v) is 2.79. The summed E-state index contributed by atoms with van der Waals surface area (Å²) in [6, 6.07) is 0.454. The maximum Gasteiger partial charge on any atom is 0.134 e. The van der Waals surface area contributed by atoms with Crippen molar-refractivity contribution in [1.29, 1.82) is 0 Å². The Morgan fingerprint density at radius 2 is 1.88 bits per heavy atom. The van der Waals surface area contributed by atoms with Crippen molar-refractivity contribution in [2.75, 3.05) is 17.7 Å². The number of hydrogen-bond acceptors (Lipinski definition) is 4. The number of aromatic nitrogens is 2. The van der Waals surface area contributed by atoms with Crippen LogP contribution in [0.1, 0.15) is 45.6 Å². The van der Waals surface area contributed by atoms with E-state index < -0.39 is 0 Å². The van der Waals surface area contributed by atoms with Gasteiger partial charge in [-0.2, -0.15) is 0 Å². The number of hydrogen-bond donors (Lipinski definition) is 2. The van der Waals surface area contributed by atoms with E-state index in [1.54, 1.807) is 6.33 Å². The second kappa shape index (κ2) is 7.09. The van der Waals surface area contributed by atoms with Gasteiger partial charge in [0.15, 0.2) is 0 Å². The summed E-state index contributed by atoms with van der Waals surface area (Å²) in [7, 11) is 1.90. The Bertz CT molecular complexity index is 338. The first-order chi connectivity index (χ1) is 8.22. The van der Waals surface area contributed by atoms with Crippen molar-refractivity contribution in [2.24, 2.45) is 0 Å². The van der Waals surface area contributed by atoms with Gasteiger partial charge in [-0.05, 0) is 19.8 Å². The summed E-state index contributed by atoms with van der Waals surface area (Å²) in [6.07, 6.45) is 6.05. The molecule has 0 spiro atoms. The molecule has 0 aromatic carbocycles. The molecule has 0 saturated carbocycles. The van der Waals surface area contributed by atoms with Gasteiger partial charge in [0, 0.05) is 18.7 Å². The summed E-state index contributed by atoms with van der Waals surface area (Å²) in [5.41, 5.74) is 1.19. The van der Waals surface area contributed by atoms with Crippen molar-refractivity contribution < 1.29 is 0 Å². The molecular formula is C13H24N4. The first-order valence-electron chi connectivity index (χ1n) is 6.51. The zero-order valence-electron chi connectivity index (χ0n) is 11.4. The van der Waals surface area contributed by atoms with Crippen LogP contribution in [0.2, 0.25) is 0 Å². The van der Waals surface area contributed by atoms with Crippen LogP contribution in [0.25, 0.3) is 0 Å². The van der Waals surface area contributed by atoms with Crippen LogP contribution in [0.5, 0.6) is 0 Å². The average Bonchev–Trinajstić information content (AvgIpc) is 2.32. The first-order valence-corrected chi connectivity index (χ1v) is 6.51. The molecule has 1 atom stereocenters. The highest BCUT2D eigenvalue weighted by Gasteiger charge is 2.11. The Labute approximate surface area is 104 Å². The molecule has 4 nitrogen and oxygen atoms in total. The van der Waals surface area contributed by atoms with E-state index in [-0.39, 0.29) is 0 Å². The maximum absolute atomic E-state index is 4.37. The molecule has 17 heavy (non-hydrogen) atoms. The van der Waals surface area contributed by atoms with Crippen LogP contribution in [0.4, 0.5) is 11.6 Å². The molecule has 1 heterocycles. The molecule has 1 aromatic rings. The maximum atomic E-state index is 4.37. The highest BCUT2D eigenvalue weighted by molar-refractivity contribution is 5.57. The lowest BCUT2D eigenvalue weighted by atomic mass is 10.1. The molecule has 1 aromatic heterocycles. The summed E-state index contributed by atoms with van der Waals surface area (Å²) < 4.78 is 0. The van der Waals surface area contributed by atoms with Crippen molar-refractivity contribution in [3.63, 3.8) is 0 Å². The Balaban J connectivity index is 2.89. The zero-order chi connectivity index (χ0) is 12.7. The normalized spacial score (nSPS) is 12.2. The number of nitrogens with zero attached hydrogens (tertiary/aromatic N) is 2. The number of rotatable bonds is 7. The average molecular weight is 236 g/mol. The zero-order valence-corrected chi connectivity index (χ0v) is 11.4. The van der Waals surface area contributed by atoms with Crippen LogP contribution < -0.4 is 10.6 Å². The van der Waals surface area contributed by atoms with Crippen molar-refractivity contribution in [3.8, 4) is 0 Å². The lowest BCUT2D eigenvalue weighted by Crippen LogP contribution is -2.18. The summed E-state index contributed by atoms with van der Waals surface area (Å²) in [6.45, 7) is 6.57. The van der Waals surface area contributed by atoms with E-state index in [9.17, 15) is 0 Å². The SMILES string of the molecule is CCCc1c(NC)ncnc1NC(C)CCC. The first kappa shape index (κ1) is 13.7. The molecule has 1 rings (SSSR count). The molecule has 4 heteroatoms. The Morgan fingerprint density at radius 3 is 2.47 bits per heavy atom. The molecule has 2 N–H and O–H groups in total. The van der Waals surface area contributed by atoms with Gasteiger partial charge in [-0.25, -0.2) is 9.97 Å². The molecule has 0 amide bonds. The summed E-state index contributed by atoms with van der Waals surface area (Å²) in [5.74, 6) is 1.92. The summed E-state index contributed by atoms with van der Waals surface area (Å²) >= 11 is 0. The fourth-order valence-electron chi connectivity index (χ4n) is 1.98. The van der Waals surface area contributed by atoms with Gasteiger partial charge in [0.05, 0.1) is 0 Å². The standard InChI is InChI=1S/C13H24N4/c1-5-7-10(3)17-13-11(8-6-2)12(14-4)15-9-16-13/h9-10H,5-8H2,1-4H3,(H2,14,15,16,17). The van der Waals surface area contributed by atoms with E-state index in [0.29, 0.717) is 6.04 Å². The molecule has 1 unspecified atom stereocenters. The molecular weight excluding hydrogens is 212 g/mol. The van der Waals surface area contributed by atoms with Gasteiger partial charge in [-0.3, -0.25) is 0 Å². The van der Waals surface area contributed by atoms with Crippen molar-refractivity contribution in [3.05, 3.63) is 11.9 Å². The number of anilines is 2. The van der Waals surface area contributed by atoms with Crippen LogP contribution in [0.15, 0.2) is 6.33 Å². The summed E-state index contributed by atoms with van der Waals surface area (Å²) in [4.78, 5) is 8.63. The third kappa shape index (κ3) is 3.88. The minimum atomic E-state index is 0.454. The van der Waals surface area contributed by atoms with E-state index in [2.05, 4.69) is 41.4 Å². The molecule has 0 fully saturated rings. The second-order valence-corrected chi connectivity index (χ2v) is 4.38. The molecule has 96 valence electrons. The predicted octanol–water partition coefficient (Wildman–Crippen LogP) is 3.07.